The van der Waals surface area contributed by atoms with Gasteiger partial charge >= 0.3 is 0 Å². The summed E-state index contributed by atoms with van der Waals surface area (Å²) in [5.74, 6) is 0.467. The molecule has 3 aromatic rings. The van der Waals surface area contributed by atoms with Gasteiger partial charge in [0, 0.05) is 5.56 Å². The summed E-state index contributed by atoms with van der Waals surface area (Å²) in [5, 5.41) is 13.0. The topological polar surface area (TPSA) is 84.8 Å². The fourth-order valence-corrected chi connectivity index (χ4v) is 1.98. The highest BCUT2D eigenvalue weighted by Gasteiger charge is 2.13. The number of aromatic nitrogens is 3. The number of rotatable bonds is 5. The van der Waals surface area contributed by atoms with E-state index in [1.807, 2.05) is 6.07 Å². The van der Waals surface area contributed by atoms with Crippen LogP contribution >= 0.6 is 0 Å². The van der Waals surface area contributed by atoms with E-state index in [0.29, 0.717) is 29.2 Å². The van der Waals surface area contributed by atoms with Gasteiger partial charge in [0.1, 0.15) is 23.9 Å². The van der Waals surface area contributed by atoms with Gasteiger partial charge in [0.15, 0.2) is 0 Å². The Morgan fingerprint density at radius 1 is 1.33 bits per heavy atom. The molecule has 0 radical (unpaired) electrons. The van der Waals surface area contributed by atoms with Gasteiger partial charge in [-0.2, -0.15) is 10.2 Å². The number of ether oxygens (including phenoxy) is 1. The largest absolute Gasteiger partial charge is 0.489 e. The molecule has 0 amide bonds. The van der Waals surface area contributed by atoms with Crippen molar-refractivity contribution in [2.45, 2.75) is 0 Å². The Bertz CT molecular complexity index is 913. The molecule has 6 nitrogen and oxygen atoms in total. The maximum absolute atomic E-state index is 12.9. The summed E-state index contributed by atoms with van der Waals surface area (Å²) in [6.07, 6.45) is 2.67. The van der Waals surface area contributed by atoms with E-state index >= 15 is 0 Å². The third-order valence-corrected chi connectivity index (χ3v) is 3.03. The Morgan fingerprint density at radius 2 is 2.21 bits per heavy atom. The van der Waals surface area contributed by atoms with Crippen LogP contribution in [0, 0.1) is 17.1 Å². The van der Waals surface area contributed by atoms with Crippen molar-refractivity contribution in [1.29, 1.82) is 5.26 Å². The van der Waals surface area contributed by atoms with Crippen molar-refractivity contribution >= 4 is 0 Å². The summed E-state index contributed by atoms with van der Waals surface area (Å²) >= 11 is 0. The Balaban J connectivity index is 1.95. The van der Waals surface area contributed by atoms with E-state index in [-0.39, 0.29) is 11.7 Å². The molecule has 0 saturated heterocycles. The first kappa shape index (κ1) is 15.4. The summed E-state index contributed by atoms with van der Waals surface area (Å²) in [6, 6.07) is 9.65. The highest BCUT2D eigenvalue weighted by Crippen LogP contribution is 2.26. The summed E-state index contributed by atoms with van der Waals surface area (Å²) in [6.45, 7) is 3.89. The molecule has 0 atom stereocenters. The van der Waals surface area contributed by atoms with Crippen molar-refractivity contribution < 1.29 is 13.7 Å². The molecule has 0 N–H and O–H groups in total. The van der Waals surface area contributed by atoms with E-state index in [1.165, 1.54) is 12.1 Å². The molecular formula is C17H11FN4O2. The third kappa shape index (κ3) is 3.28. The van der Waals surface area contributed by atoms with Crippen LogP contribution in [-0.2, 0) is 0 Å². The zero-order valence-electron chi connectivity index (χ0n) is 12.4. The molecule has 0 aliphatic heterocycles. The molecule has 7 heteroatoms. The lowest BCUT2D eigenvalue weighted by Crippen LogP contribution is -1.94. The standard InChI is InChI=1S/C17H11FN4O2/c1-2-5-23-14-7-11(9-19)6-12(8-14)17-21-16(22-24-17)15-4-3-13(18)10-20-15/h2-4,6-8,10H,1,5H2. The van der Waals surface area contributed by atoms with E-state index < -0.39 is 5.82 Å². The molecule has 3 rings (SSSR count). The Hall–Kier alpha value is -3.53. The van der Waals surface area contributed by atoms with Gasteiger partial charge in [-0.25, -0.2) is 9.37 Å². The molecule has 0 saturated carbocycles. The average Bonchev–Trinajstić information content (AvgIpc) is 3.10. The molecule has 0 aliphatic carbocycles. The van der Waals surface area contributed by atoms with Crippen LogP contribution in [0.3, 0.4) is 0 Å². The number of hydrogen-bond donors (Lipinski definition) is 0. The van der Waals surface area contributed by atoms with Crippen molar-refractivity contribution in [3.05, 3.63) is 60.6 Å². The predicted molar refractivity (Wildman–Crippen MR) is 83.3 cm³/mol. The Labute approximate surface area is 136 Å². The number of halogens is 1. The SMILES string of the molecule is C=CCOc1cc(C#N)cc(-c2nc(-c3ccc(F)cn3)no2)c1. The summed E-state index contributed by atoms with van der Waals surface area (Å²) in [7, 11) is 0. The number of hydrogen-bond acceptors (Lipinski definition) is 6. The minimum atomic E-state index is -0.451. The molecule has 0 fully saturated rings. The second kappa shape index (κ2) is 6.71. The highest BCUT2D eigenvalue weighted by molar-refractivity contribution is 5.62. The summed E-state index contributed by atoms with van der Waals surface area (Å²) in [5.41, 5.74) is 1.31. The van der Waals surface area contributed by atoms with Crippen molar-refractivity contribution in [1.82, 2.24) is 15.1 Å². The predicted octanol–water partition coefficient (Wildman–Crippen LogP) is 3.37. The molecule has 0 bridgehead atoms. The maximum atomic E-state index is 12.9. The highest BCUT2D eigenvalue weighted by atomic mass is 19.1. The van der Waals surface area contributed by atoms with Crippen LogP contribution in [0.2, 0.25) is 0 Å². The molecule has 1 aromatic carbocycles. The van der Waals surface area contributed by atoms with Crippen molar-refractivity contribution in [2.75, 3.05) is 6.61 Å². The van der Waals surface area contributed by atoms with Crippen LogP contribution in [0.15, 0.2) is 53.7 Å². The summed E-state index contributed by atoms with van der Waals surface area (Å²) in [4.78, 5) is 8.13. The normalized spacial score (nSPS) is 10.2. The molecule has 24 heavy (non-hydrogen) atoms. The zero-order valence-corrected chi connectivity index (χ0v) is 12.4. The van der Waals surface area contributed by atoms with E-state index in [9.17, 15) is 4.39 Å². The molecule has 0 unspecified atom stereocenters. The fourth-order valence-electron chi connectivity index (χ4n) is 1.98. The minimum Gasteiger partial charge on any atom is -0.489 e. The monoisotopic (exact) mass is 322 g/mol. The first-order valence-electron chi connectivity index (χ1n) is 6.94. The van der Waals surface area contributed by atoms with Crippen molar-refractivity contribution in [2.24, 2.45) is 0 Å². The number of benzene rings is 1. The zero-order chi connectivity index (χ0) is 16.9. The lowest BCUT2D eigenvalue weighted by Gasteiger charge is -2.05. The van der Waals surface area contributed by atoms with Crippen LogP contribution in [0.1, 0.15) is 5.56 Å². The fraction of sp³-hybridized carbons (Fsp3) is 0.0588. The van der Waals surface area contributed by atoms with Gasteiger partial charge in [0.05, 0.1) is 17.8 Å². The van der Waals surface area contributed by atoms with Crippen LogP contribution < -0.4 is 4.74 Å². The van der Waals surface area contributed by atoms with Gasteiger partial charge in [-0.3, -0.25) is 0 Å². The van der Waals surface area contributed by atoms with E-state index in [0.717, 1.165) is 6.20 Å². The molecule has 118 valence electrons. The minimum absolute atomic E-state index is 0.205. The van der Waals surface area contributed by atoms with Gasteiger partial charge in [0.25, 0.3) is 5.89 Å². The van der Waals surface area contributed by atoms with Crippen molar-refractivity contribution in [3.8, 4) is 34.8 Å². The van der Waals surface area contributed by atoms with Gasteiger partial charge in [-0.15, -0.1) is 0 Å². The number of nitriles is 1. The lowest BCUT2D eigenvalue weighted by molar-refractivity contribution is 0.363. The second-order valence-corrected chi connectivity index (χ2v) is 4.74. The number of nitrogens with zero attached hydrogens (tertiary/aromatic N) is 4. The average molecular weight is 322 g/mol. The van der Waals surface area contributed by atoms with E-state index in [2.05, 4.69) is 21.7 Å². The third-order valence-electron chi connectivity index (χ3n) is 3.03. The quantitative estimate of drug-likeness (QED) is 0.670. The Morgan fingerprint density at radius 3 is 2.92 bits per heavy atom. The van der Waals surface area contributed by atoms with Crippen LogP contribution in [0.4, 0.5) is 4.39 Å². The first-order chi connectivity index (χ1) is 11.7. The molecule has 0 aliphatic rings. The van der Waals surface area contributed by atoms with Crippen LogP contribution in [0.5, 0.6) is 5.75 Å². The van der Waals surface area contributed by atoms with Gasteiger partial charge in [-0.05, 0) is 30.3 Å². The molecule has 0 spiro atoms. The smallest absolute Gasteiger partial charge is 0.258 e. The maximum Gasteiger partial charge on any atom is 0.258 e. The molecular weight excluding hydrogens is 311 g/mol. The van der Waals surface area contributed by atoms with Crippen LogP contribution in [0.25, 0.3) is 23.0 Å². The van der Waals surface area contributed by atoms with Gasteiger partial charge in [0.2, 0.25) is 5.82 Å². The van der Waals surface area contributed by atoms with Crippen LogP contribution in [-0.4, -0.2) is 21.7 Å². The van der Waals surface area contributed by atoms with Gasteiger partial charge < -0.3 is 9.26 Å². The van der Waals surface area contributed by atoms with E-state index in [1.54, 1.807) is 24.3 Å². The molecule has 2 heterocycles. The first-order valence-corrected chi connectivity index (χ1v) is 6.94. The Kier molecular flexibility index (Phi) is 4.29. The molecule has 2 aromatic heterocycles. The lowest BCUT2D eigenvalue weighted by atomic mass is 10.1. The van der Waals surface area contributed by atoms with Gasteiger partial charge in [-0.1, -0.05) is 17.8 Å². The van der Waals surface area contributed by atoms with E-state index in [4.69, 9.17) is 14.5 Å². The van der Waals surface area contributed by atoms with Crippen molar-refractivity contribution in [3.63, 3.8) is 0 Å². The summed E-state index contributed by atoms with van der Waals surface area (Å²) < 4.78 is 23.6. The second-order valence-electron chi connectivity index (χ2n) is 4.74. The number of pyridine rings is 1.